The van der Waals surface area contributed by atoms with Crippen LogP contribution >= 0.6 is 0 Å². The van der Waals surface area contributed by atoms with Crippen molar-refractivity contribution in [2.75, 3.05) is 0 Å². The van der Waals surface area contributed by atoms with Crippen molar-refractivity contribution in [3.8, 4) is 0 Å². The standard InChI is InChI=1S/C11H21/c1-4-6-8-10-11(3)9-7-5-2/h8,10-11H,2,4-7,9H2,1,3H3. The van der Waals surface area contributed by atoms with Gasteiger partial charge in [0.05, 0.1) is 0 Å². The number of hydrogen-bond donors (Lipinski definition) is 0. The molecule has 0 nitrogen and oxygen atoms in total. The molecule has 0 aromatic heterocycles. The molecule has 0 aromatic rings. The Kier molecular flexibility index (Phi) is 7.66. The number of rotatable bonds is 6. The Labute approximate surface area is 71.7 Å². The molecule has 0 amide bonds. The van der Waals surface area contributed by atoms with E-state index in [1.54, 1.807) is 0 Å². The molecule has 0 N–H and O–H groups in total. The highest BCUT2D eigenvalue weighted by atomic mass is 14.0. The third-order valence-corrected chi connectivity index (χ3v) is 1.83. The van der Waals surface area contributed by atoms with Gasteiger partial charge >= 0.3 is 0 Å². The Hall–Kier alpha value is -0.260. The Morgan fingerprint density at radius 1 is 1.45 bits per heavy atom. The van der Waals surface area contributed by atoms with Crippen molar-refractivity contribution >= 4 is 0 Å². The molecular formula is C11H21. The molecule has 0 aromatic carbocycles. The highest BCUT2D eigenvalue weighted by molar-refractivity contribution is 4.85. The first-order valence-corrected chi connectivity index (χ1v) is 4.77. The van der Waals surface area contributed by atoms with Crippen LogP contribution in [-0.4, -0.2) is 0 Å². The smallest absolute Gasteiger partial charge is 0.0262 e. The molecule has 0 saturated heterocycles. The second-order valence-corrected chi connectivity index (χ2v) is 3.19. The van der Waals surface area contributed by atoms with Gasteiger partial charge < -0.3 is 0 Å². The lowest BCUT2D eigenvalue weighted by atomic mass is 10.0. The average Bonchev–Trinajstić information content (AvgIpc) is 2.01. The molecule has 0 rings (SSSR count). The predicted molar refractivity (Wildman–Crippen MR) is 52.4 cm³/mol. The summed E-state index contributed by atoms with van der Waals surface area (Å²) in [6.07, 6.45) is 10.8. The highest BCUT2D eigenvalue weighted by Gasteiger charge is 1.93. The molecule has 0 aliphatic heterocycles. The summed E-state index contributed by atoms with van der Waals surface area (Å²) in [7, 11) is 0. The van der Waals surface area contributed by atoms with Gasteiger partial charge in [0, 0.05) is 0 Å². The molecule has 0 saturated carbocycles. The van der Waals surface area contributed by atoms with Gasteiger partial charge in [-0.2, -0.15) is 0 Å². The maximum atomic E-state index is 3.83. The van der Waals surface area contributed by atoms with Crippen LogP contribution in [0.15, 0.2) is 12.2 Å². The van der Waals surface area contributed by atoms with Crippen molar-refractivity contribution in [3.63, 3.8) is 0 Å². The van der Waals surface area contributed by atoms with Crippen molar-refractivity contribution in [2.24, 2.45) is 5.92 Å². The normalized spacial score (nSPS) is 14.1. The highest BCUT2D eigenvalue weighted by Crippen LogP contribution is 2.09. The first kappa shape index (κ1) is 10.7. The maximum absolute atomic E-state index is 3.83. The third kappa shape index (κ3) is 7.64. The third-order valence-electron chi connectivity index (χ3n) is 1.83. The monoisotopic (exact) mass is 153 g/mol. The van der Waals surface area contributed by atoms with E-state index >= 15 is 0 Å². The molecule has 1 atom stereocenters. The van der Waals surface area contributed by atoms with Crippen molar-refractivity contribution < 1.29 is 0 Å². The molecule has 0 spiro atoms. The van der Waals surface area contributed by atoms with Gasteiger partial charge in [0.2, 0.25) is 0 Å². The van der Waals surface area contributed by atoms with Crippen molar-refractivity contribution in [1.82, 2.24) is 0 Å². The lowest BCUT2D eigenvalue weighted by molar-refractivity contribution is 0.609. The van der Waals surface area contributed by atoms with Crippen molar-refractivity contribution in [2.45, 2.75) is 46.0 Å². The number of hydrogen-bond acceptors (Lipinski definition) is 0. The van der Waals surface area contributed by atoms with Gasteiger partial charge in [0.1, 0.15) is 0 Å². The van der Waals surface area contributed by atoms with Gasteiger partial charge in [-0.3, -0.25) is 0 Å². The number of allylic oxidation sites excluding steroid dienone is 2. The van der Waals surface area contributed by atoms with Crippen molar-refractivity contribution in [1.29, 1.82) is 0 Å². The Morgan fingerprint density at radius 2 is 2.18 bits per heavy atom. The summed E-state index contributed by atoms with van der Waals surface area (Å²) in [5.74, 6) is 0.753. The fourth-order valence-corrected chi connectivity index (χ4v) is 1.06. The molecule has 0 heterocycles. The average molecular weight is 153 g/mol. The van der Waals surface area contributed by atoms with Gasteiger partial charge in [0.25, 0.3) is 0 Å². The molecule has 11 heavy (non-hydrogen) atoms. The summed E-state index contributed by atoms with van der Waals surface area (Å²) in [5.41, 5.74) is 0. The van der Waals surface area contributed by atoms with Crippen LogP contribution < -0.4 is 0 Å². The van der Waals surface area contributed by atoms with Crippen LogP contribution in [0.2, 0.25) is 0 Å². The molecule has 0 fully saturated rings. The fourth-order valence-electron chi connectivity index (χ4n) is 1.06. The van der Waals surface area contributed by atoms with E-state index in [2.05, 4.69) is 32.9 Å². The summed E-state index contributed by atoms with van der Waals surface area (Å²) in [6, 6.07) is 0. The van der Waals surface area contributed by atoms with E-state index in [9.17, 15) is 0 Å². The fraction of sp³-hybridized carbons (Fsp3) is 0.727. The topological polar surface area (TPSA) is 0 Å². The second kappa shape index (κ2) is 7.84. The summed E-state index contributed by atoms with van der Waals surface area (Å²) >= 11 is 0. The van der Waals surface area contributed by atoms with Crippen molar-refractivity contribution in [3.05, 3.63) is 19.1 Å². The van der Waals surface area contributed by atoms with E-state index in [4.69, 9.17) is 0 Å². The largest absolute Gasteiger partial charge is 0.0883 e. The van der Waals surface area contributed by atoms with Crippen LogP contribution in [0.4, 0.5) is 0 Å². The van der Waals surface area contributed by atoms with Gasteiger partial charge in [-0.05, 0) is 18.8 Å². The summed E-state index contributed by atoms with van der Waals surface area (Å²) < 4.78 is 0. The molecular weight excluding hydrogens is 132 g/mol. The Balaban J connectivity index is 3.27. The molecule has 1 unspecified atom stereocenters. The maximum Gasteiger partial charge on any atom is -0.0262 e. The first-order valence-electron chi connectivity index (χ1n) is 4.77. The molecule has 0 heteroatoms. The molecule has 0 bridgehead atoms. The SMILES string of the molecule is [CH2]CCCC(C)C=CCCC. The quantitative estimate of drug-likeness (QED) is 0.506. The zero-order chi connectivity index (χ0) is 8.53. The molecule has 0 aliphatic rings. The van der Waals surface area contributed by atoms with E-state index in [1.165, 1.54) is 25.7 Å². The minimum atomic E-state index is 0.753. The van der Waals surface area contributed by atoms with E-state index < -0.39 is 0 Å². The van der Waals surface area contributed by atoms with E-state index in [1.807, 2.05) is 0 Å². The van der Waals surface area contributed by atoms with Gasteiger partial charge in [0.15, 0.2) is 0 Å². The minimum absolute atomic E-state index is 0.753. The van der Waals surface area contributed by atoms with Crippen LogP contribution in [0.25, 0.3) is 0 Å². The number of unbranched alkanes of at least 4 members (excludes halogenated alkanes) is 2. The van der Waals surface area contributed by atoms with Crippen LogP contribution in [0, 0.1) is 12.8 Å². The van der Waals surface area contributed by atoms with Gasteiger partial charge in [-0.25, -0.2) is 0 Å². The van der Waals surface area contributed by atoms with Gasteiger partial charge in [-0.15, -0.1) is 0 Å². The molecule has 1 radical (unpaired) electrons. The van der Waals surface area contributed by atoms with Crippen LogP contribution in [0.5, 0.6) is 0 Å². The van der Waals surface area contributed by atoms with Crippen LogP contribution in [0.3, 0.4) is 0 Å². The minimum Gasteiger partial charge on any atom is -0.0883 e. The summed E-state index contributed by atoms with van der Waals surface area (Å²) in [6.45, 7) is 8.32. The Morgan fingerprint density at radius 3 is 2.73 bits per heavy atom. The zero-order valence-corrected chi connectivity index (χ0v) is 7.97. The molecule has 65 valence electrons. The first-order chi connectivity index (χ1) is 5.31. The van der Waals surface area contributed by atoms with Gasteiger partial charge in [-0.1, -0.05) is 52.2 Å². The zero-order valence-electron chi connectivity index (χ0n) is 7.97. The lowest BCUT2D eigenvalue weighted by Gasteiger charge is -2.02. The second-order valence-electron chi connectivity index (χ2n) is 3.19. The van der Waals surface area contributed by atoms with E-state index in [0.717, 1.165) is 12.3 Å². The van der Waals surface area contributed by atoms with Crippen LogP contribution in [-0.2, 0) is 0 Å². The van der Waals surface area contributed by atoms with Crippen LogP contribution in [0.1, 0.15) is 46.0 Å². The molecule has 0 aliphatic carbocycles. The van der Waals surface area contributed by atoms with E-state index in [-0.39, 0.29) is 0 Å². The predicted octanol–water partition coefficient (Wildman–Crippen LogP) is 3.98. The Bertz CT molecular complexity index is 92.2. The van der Waals surface area contributed by atoms with E-state index in [0.29, 0.717) is 0 Å². The lowest BCUT2D eigenvalue weighted by Crippen LogP contribution is -1.88. The summed E-state index contributed by atoms with van der Waals surface area (Å²) in [4.78, 5) is 0. The summed E-state index contributed by atoms with van der Waals surface area (Å²) in [5, 5.41) is 0.